The molecule has 13 nitrogen and oxygen atoms in total. The maximum Gasteiger partial charge on any atom is 0.411 e. The zero-order valence-corrected chi connectivity index (χ0v) is 36.3. The van der Waals surface area contributed by atoms with E-state index in [9.17, 15) is 33.8 Å². The molecule has 338 valence electrons. The van der Waals surface area contributed by atoms with Crippen LogP contribution in [0.15, 0.2) is 126 Å². The number of carbonyl (C=O) groups excluding carboxylic acids is 3. The van der Waals surface area contributed by atoms with Crippen molar-refractivity contribution < 1.29 is 33.7 Å². The Morgan fingerprint density at radius 3 is 2.25 bits per heavy atom. The van der Waals surface area contributed by atoms with E-state index in [1.165, 1.54) is 18.2 Å². The van der Waals surface area contributed by atoms with Gasteiger partial charge in [0.25, 0.3) is 0 Å². The second-order valence-corrected chi connectivity index (χ2v) is 16.5. The zero-order valence-electron chi connectivity index (χ0n) is 36.3. The molecular weight excluding hydrogens is 828 g/mol. The Balaban J connectivity index is 0.772. The van der Waals surface area contributed by atoms with Gasteiger partial charge in [-0.3, -0.25) is 19.7 Å². The first kappa shape index (κ1) is 46.1. The summed E-state index contributed by atoms with van der Waals surface area (Å²) in [7, 11) is 0. The van der Waals surface area contributed by atoms with E-state index >= 15 is 0 Å². The van der Waals surface area contributed by atoms with Crippen molar-refractivity contribution in [2.75, 3.05) is 31.5 Å². The van der Waals surface area contributed by atoms with Gasteiger partial charge in [0.2, 0.25) is 17.4 Å². The molecule has 1 unspecified atom stereocenters. The summed E-state index contributed by atoms with van der Waals surface area (Å²) in [5, 5.41) is 33.7. The van der Waals surface area contributed by atoms with Gasteiger partial charge in [0.15, 0.2) is 0 Å². The van der Waals surface area contributed by atoms with Crippen molar-refractivity contribution in [1.82, 2.24) is 25.8 Å². The summed E-state index contributed by atoms with van der Waals surface area (Å²) in [6.45, 7) is 4.78. The van der Waals surface area contributed by atoms with E-state index in [1.807, 2.05) is 85.8 Å². The monoisotopic (exact) mass is 882 g/mol. The number of nitrogens with zero attached hydrogens (tertiary/aromatic N) is 1. The van der Waals surface area contributed by atoms with Crippen LogP contribution in [0.5, 0.6) is 5.75 Å². The molecule has 2 atom stereocenters. The fraction of sp³-hybridized carbons (Fsp3) is 0.294. The number of amides is 3. The number of hydrogen-bond donors (Lipinski definition) is 7. The molecule has 2 heterocycles. The zero-order chi connectivity index (χ0) is 45.7. The lowest BCUT2D eigenvalue weighted by molar-refractivity contribution is -0.122. The molecule has 3 amide bonds. The van der Waals surface area contributed by atoms with Gasteiger partial charge in [-0.2, -0.15) is 0 Å². The Hall–Kier alpha value is -6.87. The molecule has 6 aromatic rings. The number of halogens is 1. The molecular formula is C51H55FN6O7. The predicted molar refractivity (Wildman–Crippen MR) is 249 cm³/mol. The fourth-order valence-electron chi connectivity index (χ4n) is 8.04. The van der Waals surface area contributed by atoms with Crippen LogP contribution < -0.4 is 26.8 Å². The van der Waals surface area contributed by atoms with Gasteiger partial charge in [0, 0.05) is 68.7 Å². The number of aromatic hydroxyl groups is 1. The van der Waals surface area contributed by atoms with Crippen molar-refractivity contribution in [2.45, 2.75) is 70.4 Å². The Morgan fingerprint density at radius 1 is 0.831 bits per heavy atom. The number of para-hydroxylation sites is 1. The van der Waals surface area contributed by atoms with E-state index in [0.29, 0.717) is 73.1 Å². The number of pyridine rings is 1. The Morgan fingerprint density at radius 2 is 1.51 bits per heavy atom. The summed E-state index contributed by atoms with van der Waals surface area (Å²) in [6, 6.07) is 35.5. The van der Waals surface area contributed by atoms with Crippen LogP contribution in [0.1, 0.15) is 60.1 Å². The number of ether oxygens (including phenoxy) is 1. The number of aliphatic hydroxyl groups excluding tert-OH is 1. The molecule has 1 aliphatic heterocycles. The van der Waals surface area contributed by atoms with Gasteiger partial charge in [0.05, 0.1) is 23.7 Å². The predicted octanol–water partition coefficient (Wildman–Crippen LogP) is 6.87. The molecule has 5 aromatic carbocycles. The molecule has 0 aliphatic carbocycles. The SMILES string of the molecule is CC(Cc1cc(CC(=O)NCc2ccc(CNC(=O)CCN3CCC(OC(=O)Nc4ccccc4-c4ccccc4)CC3)cc2)ccc1F)NC[C@H](O)c1ccc(O)c2[nH]c(=O)ccc12. The number of benzene rings is 5. The summed E-state index contributed by atoms with van der Waals surface area (Å²) in [4.78, 5) is 54.9. The van der Waals surface area contributed by atoms with Crippen LogP contribution in [-0.2, 0) is 40.3 Å². The van der Waals surface area contributed by atoms with Crippen LogP contribution in [0.3, 0.4) is 0 Å². The van der Waals surface area contributed by atoms with E-state index in [0.717, 1.165) is 35.3 Å². The van der Waals surface area contributed by atoms with Crippen LogP contribution in [0, 0.1) is 5.82 Å². The van der Waals surface area contributed by atoms with Crippen LogP contribution in [0.25, 0.3) is 22.0 Å². The molecule has 0 radical (unpaired) electrons. The highest BCUT2D eigenvalue weighted by Gasteiger charge is 2.23. The van der Waals surface area contributed by atoms with Crippen molar-refractivity contribution in [3.05, 3.63) is 165 Å². The molecule has 0 saturated carbocycles. The number of likely N-dealkylation sites (tertiary alicyclic amines) is 1. The average Bonchev–Trinajstić information content (AvgIpc) is 3.31. The van der Waals surface area contributed by atoms with Crippen molar-refractivity contribution in [1.29, 1.82) is 0 Å². The lowest BCUT2D eigenvalue weighted by Crippen LogP contribution is -2.40. The molecule has 7 rings (SSSR count). The standard InChI is InChI=1S/C51H55FN6O7/c1-33(53-32-46(60)41-16-19-45(59)50-42(41)17-20-48(62)57-50)27-38-28-36(15-18-43(38)52)29-49(63)55-31-35-13-11-34(12-14-35)30-54-47(61)23-26-58-24-21-39(22-25-58)65-51(64)56-44-10-6-5-9-40(44)37-7-3-2-4-8-37/h2-20,28,33,39,46,53,59-60H,21-27,29-32H2,1H3,(H,54,61)(H,55,63)(H,56,64)(H,57,62)/t33?,46-/m0/s1. The van der Waals surface area contributed by atoms with Gasteiger partial charge >= 0.3 is 6.09 Å². The third-order valence-electron chi connectivity index (χ3n) is 11.6. The number of aliphatic hydroxyl groups is 1. The number of aromatic nitrogens is 1. The highest BCUT2D eigenvalue weighted by Crippen LogP contribution is 2.30. The molecule has 0 bridgehead atoms. The van der Waals surface area contributed by atoms with E-state index < -0.39 is 12.2 Å². The second-order valence-electron chi connectivity index (χ2n) is 16.5. The number of H-pyrrole nitrogens is 1. The van der Waals surface area contributed by atoms with Crippen LogP contribution in [0.2, 0.25) is 0 Å². The summed E-state index contributed by atoms with van der Waals surface area (Å²) < 4.78 is 20.6. The number of piperidine rings is 1. The number of aromatic amines is 1. The van der Waals surface area contributed by atoms with Gasteiger partial charge in [-0.1, -0.05) is 91.0 Å². The van der Waals surface area contributed by atoms with Gasteiger partial charge in [-0.25, -0.2) is 9.18 Å². The normalized spacial score (nSPS) is 14.1. The highest BCUT2D eigenvalue weighted by molar-refractivity contribution is 5.91. The fourth-order valence-corrected chi connectivity index (χ4v) is 8.04. The number of rotatable bonds is 18. The Kier molecular flexibility index (Phi) is 15.7. The number of hydrogen-bond acceptors (Lipinski definition) is 9. The molecule has 0 spiro atoms. The summed E-state index contributed by atoms with van der Waals surface area (Å²) in [5.74, 6) is -0.743. The molecule has 14 heteroatoms. The maximum absolute atomic E-state index is 14.9. The van der Waals surface area contributed by atoms with E-state index in [2.05, 4.69) is 31.2 Å². The number of nitrogens with one attached hydrogen (secondary N) is 5. The highest BCUT2D eigenvalue weighted by atomic mass is 19.1. The molecule has 1 aromatic heterocycles. The number of carbonyl (C=O) groups is 3. The lowest BCUT2D eigenvalue weighted by atomic mass is 10.0. The summed E-state index contributed by atoms with van der Waals surface area (Å²) in [5.41, 5.74) is 5.97. The average molecular weight is 883 g/mol. The number of fused-ring (bicyclic) bond motifs is 1. The number of anilines is 1. The van der Waals surface area contributed by atoms with Gasteiger partial charge in [0.1, 0.15) is 17.7 Å². The van der Waals surface area contributed by atoms with Crippen molar-refractivity contribution >= 4 is 34.5 Å². The Labute approximate surface area is 377 Å². The minimum atomic E-state index is -0.957. The minimum Gasteiger partial charge on any atom is -0.506 e. The molecule has 1 aliphatic rings. The van der Waals surface area contributed by atoms with Gasteiger partial charge in [-0.15, -0.1) is 0 Å². The lowest BCUT2D eigenvalue weighted by Gasteiger charge is -2.31. The molecule has 1 fully saturated rings. The summed E-state index contributed by atoms with van der Waals surface area (Å²) >= 11 is 0. The third kappa shape index (κ3) is 13.1. The van der Waals surface area contributed by atoms with E-state index in [4.69, 9.17) is 4.74 Å². The molecule has 1 saturated heterocycles. The molecule has 65 heavy (non-hydrogen) atoms. The maximum atomic E-state index is 14.9. The first-order chi connectivity index (χ1) is 31.5. The van der Waals surface area contributed by atoms with E-state index in [-0.39, 0.29) is 59.6 Å². The Bertz CT molecular complexity index is 2630. The first-order valence-electron chi connectivity index (χ1n) is 22.0. The van der Waals surface area contributed by atoms with Crippen molar-refractivity contribution in [3.8, 4) is 16.9 Å². The molecule has 7 N–H and O–H groups in total. The van der Waals surface area contributed by atoms with E-state index in [1.54, 1.807) is 24.3 Å². The van der Waals surface area contributed by atoms with Crippen molar-refractivity contribution in [2.24, 2.45) is 0 Å². The quantitative estimate of drug-likeness (QED) is 0.0484. The third-order valence-corrected chi connectivity index (χ3v) is 11.6. The van der Waals surface area contributed by atoms with Gasteiger partial charge in [-0.05, 0) is 83.8 Å². The topological polar surface area (TPSA) is 185 Å². The summed E-state index contributed by atoms with van der Waals surface area (Å²) in [6.07, 6.45) is 0.497. The van der Waals surface area contributed by atoms with Crippen LogP contribution in [0.4, 0.5) is 14.9 Å². The van der Waals surface area contributed by atoms with Crippen LogP contribution in [-0.4, -0.2) is 76.3 Å². The number of phenolic OH excluding ortho intramolecular Hbond substituents is 1. The minimum absolute atomic E-state index is 0.0514. The largest absolute Gasteiger partial charge is 0.506 e. The number of phenols is 1. The van der Waals surface area contributed by atoms with Crippen LogP contribution >= 0.6 is 0 Å². The smallest absolute Gasteiger partial charge is 0.411 e. The second kappa shape index (κ2) is 22.2. The van der Waals surface area contributed by atoms with Gasteiger partial charge < -0.3 is 40.8 Å². The van der Waals surface area contributed by atoms with Crippen molar-refractivity contribution in [3.63, 3.8) is 0 Å². The first-order valence-corrected chi connectivity index (χ1v) is 22.0.